The van der Waals surface area contributed by atoms with Gasteiger partial charge in [0.2, 0.25) is 5.91 Å². The van der Waals surface area contributed by atoms with Crippen LogP contribution in [0.25, 0.3) is 0 Å². The molecule has 26 heavy (non-hydrogen) atoms. The molecular formula is C23H39NO2. The fourth-order valence-electron chi connectivity index (χ4n) is 2.29. The topological polar surface area (TPSA) is 49.3 Å². The molecule has 0 saturated carbocycles. The standard InChI is InChI=1S/C23H39NO2/c1-3-4-5-6-7-8-9-10-11-12-13-14-15-16-17-18-19-20-23(26)24-21-22(2)25/h7-8,10-11,13-14,16-17,22,25H,3-6,9,12,15,18-21H2,1-2H3,(H,24,26)/b8-7+,11-10+,14-13+,17-16+. The summed E-state index contributed by atoms with van der Waals surface area (Å²) in [6.07, 6.45) is 27.5. The highest BCUT2D eigenvalue weighted by Gasteiger charge is 2.01. The lowest BCUT2D eigenvalue weighted by Crippen LogP contribution is -2.30. The maximum Gasteiger partial charge on any atom is 0.220 e. The number of amides is 1. The maximum atomic E-state index is 11.4. The quantitative estimate of drug-likeness (QED) is 0.276. The van der Waals surface area contributed by atoms with E-state index in [-0.39, 0.29) is 5.91 Å². The molecule has 0 spiro atoms. The minimum Gasteiger partial charge on any atom is -0.392 e. The number of rotatable bonds is 16. The molecule has 0 aliphatic carbocycles. The first-order valence-electron chi connectivity index (χ1n) is 10.2. The number of allylic oxidation sites excluding steroid dienone is 8. The fraction of sp³-hybridized carbons (Fsp3) is 0.609. The van der Waals surface area contributed by atoms with Crippen molar-refractivity contribution in [2.45, 2.75) is 84.2 Å². The Hall–Kier alpha value is -1.61. The molecule has 0 aromatic heterocycles. The summed E-state index contributed by atoms with van der Waals surface area (Å²) in [5.41, 5.74) is 0. The van der Waals surface area contributed by atoms with Crippen molar-refractivity contribution in [2.75, 3.05) is 6.54 Å². The van der Waals surface area contributed by atoms with E-state index in [1.54, 1.807) is 6.92 Å². The Balaban J connectivity index is 3.47. The van der Waals surface area contributed by atoms with Crippen LogP contribution < -0.4 is 5.32 Å². The van der Waals surface area contributed by atoms with Crippen LogP contribution in [0.4, 0.5) is 0 Å². The lowest BCUT2D eigenvalue weighted by molar-refractivity contribution is -0.121. The van der Waals surface area contributed by atoms with E-state index in [0.717, 1.165) is 32.1 Å². The van der Waals surface area contributed by atoms with Gasteiger partial charge >= 0.3 is 0 Å². The maximum absolute atomic E-state index is 11.4. The van der Waals surface area contributed by atoms with Crippen LogP contribution in [0.5, 0.6) is 0 Å². The van der Waals surface area contributed by atoms with E-state index in [4.69, 9.17) is 5.11 Å². The number of aliphatic hydroxyl groups is 1. The van der Waals surface area contributed by atoms with Gasteiger partial charge in [0, 0.05) is 13.0 Å². The van der Waals surface area contributed by atoms with Crippen LogP contribution in [-0.4, -0.2) is 23.7 Å². The Bertz CT molecular complexity index is 433. The number of hydrogen-bond donors (Lipinski definition) is 2. The minimum absolute atomic E-state index is 0.0155. The predicted octanol–water partition coefficient (Wildman–Crippen LogP) is 5.63. The summed E-state index contributed by atoms with van der Waals surface area (Å²) in [5.74, 6) is 0.0155. The van der Waals surface area contributed by atoms with Crippen LogP contribution in [0.3, 0.4) is 0 Å². The molecule has 0 saturated heterocycles. The van der Waals surface area contributed by atoms with Gasteiger partial charge < -0.3 is 10.4 Å². The van der Waals surface area contributed by atoms with Gasteiger partial charge in [0.15, 0.2) is 0 Å². The van der Waals surface area contributed by atoms with Gasteiger partial charge in [0.25, 0.3) is 0 Å². The van der Waals surface area contributed by atoms with Crippen LogP contribution in [0, 0.1) is 0 Å². The first-order valence-corrected chi connectivity index (χ1v) is 10.2. The Labute approximate surface area is 161 Å². The number of unbranched alkanes of at least 4 members (excludes halogenated alkanes) is 4. The van der Waals surface area contributed by atoms with E-state index >= 15 is 0 Å². The summed E-state index contributed by atoms with van der Waals surface area (Å²) in [5, 5.41) is 11.8. The SMILES string of the molecule is CCCCC/C=C/C/C=C/C/C=C/C/C=C/CCCC(=O)NCC(C)O. The second kappa shape index (κ2) is 19.7. The van der Waals surface area contributed by atoms with Gasteiger partial charge in [-0.15, -0.1) is 0 Å². The Kier molecular flexibility index (Phi) is 18.5. The molecule has 0 radical (unpaired) electrons. The van der Waals surface area contributed by atoms with Crippen LogP contribution in [-0.2, 0) is 4.79 Å². The molecular weight excluding hydrogens is 322 g/mol. The van der Waals surface area contributed by atoms with Crippen molar-refractivity contribution in [1.82, 2.24) is 5.32 Å². The molecule has 0 aromatic carbocycles. The largest absolute Gasteiger partial charge is 0.392 e. The summed E-state index contributed by atoms with van der Waals surface area (Å²) in [6, 6.07) is 0. The van der Waals surface area contributed by atoms with Gasteiger partial charge in [-0.1, -0.05) is 68.4 Å². The van der Waals surface area contributed by atoms with E-state index in [1.807, 2.05) is 0 Å². The van der Waals surface area contributed by atoms with Gasteiger partial charge in [-0.05, 0) is 51.9 Å². The molecule has 3 nitrogen and oxygen atoms in total. The summed E-state index contributed by atoms with van der Waals surface area (Å²) in [6.45, 7) is 4.24. The third-order valence-corrected chi connectivity index (χ3v) is 3.83. The van der Waals surface area contributed by atoms with Crippen LogP contribution in [0.1, 0.15) is 78.1 Å². The molecule has 3 heteroatoms. The Morgan fingerprint density at radius 3 is 1.85 bits per heavy atom. The Morgan fingerprint density at radius 1 is 0.846 bits per heavy atom. The normalized spacial score (nSPS) is 13.5. The van der Waals surface area contributed by atoms with Crippen LogP contribution >= 0.6 is 0 Å². The number of hydrogen-bond acceptors (Lipinski definition) is 2. The summed E-state index contributed by atoms with van der Waals surface area (Å²) in [4.78, 5) is 11.4. The zero-order valence-electron chi connectivity index (χ0n) is 16.8. The zero-order chi connectivity index (χ0) is 19.3. The first-order chi connectivity index (χ1) is 12.7. The minimum atomic E-state index is -0.479. The molecule has 1 atom stereocenters. The van der Waals surface area contributed by atoms with E-state index in [0.29, 0.717) is 13.0 Å². The van der Waals surface area contributed by atoms with Gasteiger partial charge in [0.1, 0.15) is 0 Å². The zero-order valence-corrected chi connectivity index (χ0v) is 16.8. The number of carbonyl (C=O) groups is 1. The number of carbonyl (C=O) groups excluding carboxylic acids is 1. The van der Waals surface area contributed by atoms with Crippen molar-refractivity contribution in [1.29, 1.82) is 0 Å². The molecule has 2 N–H and O–H groups in total. The number of aliphatic hydroxyl groups excluding tert-OH is 1. The summed E-state index contributed by atoms with van der Waals surface area (Å²) < 4.78 is 0. The third kappa shape index (κ3) is 20.4. The Morgan fingerprint density at radius 2 is 1.35 bits per heavy atom. The molecule has 0 rings (SSSR count). The second-order valence-electron chi connectivity index (χ2n) is 6.63. The van der Waals surface area contributed by atoms with E-state index in [2.05, 4.69) is 60.8 Å². The summed E-state index contributed by atoms with van der Waals surface area (Å²) in [7, 11) is 0. The average Bonchev–Trinajstić information content (AvgIpc) is 2.62. The smallest absolute Gasteiger partial charge is 0.220 e. The van der Waals surface area contributed by atoms with E-state index in [1.165, 1.54) is 25.7 Å². The lowest BCUT2D eigenvalue weighted by Gasteiger charge is -2.05. The van der Waals surface area contributed by atoms with Crippen molar-refractivity contribution >= 4 is 5.91 Å². The monoisotopic (exact) mass is 361 g/mol. The van der Waals surface area contributed by atoms with E-state index in [9.17, 15) is 4.79 Å². The van der Waals surface area contributed by atoms with Gasteiger partial charge in [-0.3, -0.25) is 4.79 Å². The molecule has 1 unspecified atom stereocenters. The average molecular weight is 362 g/mol. The fourth-order valence-corrected chi connectivity index (χ4v) is 2.29. The highest BCUT2D eigenvalue weighted by Crippen LogP contribution is 2.01. The van der Waals surface area contributed by atoms with Gasteiger partial charge in [-0.2, -0.15) is 0 Å². The van der Waals surface area contributed by atoms with Gasteiger partial charge in [-0.25, -0.2) is 0 Å². The third-order valence-electron chi connectivity index (χ3n) is 3.83. The van der Waals surface area contributed by atoms with Crippen molar-refractivity contribution in [3.63, 3.8) is 0 Å². The molecule has 0 aromatic rings. The lowest BCUT2D eigenvalue weighted by atomic mass is 10.2. The predicted molar refractivity (Wildman–Crippen MR) is 113 cm³/mol. The highest BCUT2D eigenvalue weighted by molar-refractivity contribution is 5.75. The molecule has 1 amide bonds. The second-order valence-corrected chi connectivity index (χ2v) is 6.63. The van der Waals surface area contributed by atoms with Crippen molar-refractivity contribution in [2.24, 2.45) is 0 Å². The summed E-state index contributed by atoms with van der Waals surface area (Å²) >= 11 is 0. The van der Waals surface area contributed by atoms with E-state index < -0.39 is 6.10 Å². The molecule has 0 fully saturated rings. The molecule has 0 heterocycles. The highest BCUT2D eigenvalue weighted by atomic mass is 16.3. The number of nitrogens with one attached hydrogen (secondary N) is 1. The van der Waals surface area contributed by atoms with Gasteiger partial charge in [0.05, 0.1) is 6.10 Å². The first kappa shape index (κ1) is 24.4. The van der Waals surface area contributed by atoms with Crippen LogP contribution in [0.2, 0.25) is 0 Å². The van der Waals surface area contributed by atoms with Crippen LogP contribution in [0.15, 0.2) is 48.6 Å². The van der Waals surface area contributed by atoms with Crippen molar-refractivity contribution in [3.05, 3.63) is 48.6 Å². The molecule has 0 aliphatic heterocycles. The van der Waals surface area contributed by atoms with Crippen molar-refractivity contribution < 1.29 is 9.90 Å². The molecule has 0 bridgehead atoms. The molecule has 148 valence electrons. The molecule has 0 aliphatic rings. The van der Waals surface area contributed by atoms with Crippen molar-refractivity contribution in [3.8, 4) is 0 Å².